The first kappa shape index (κ1) is 11.4. The first-order valence-corrected chi connectivity index (χ1v) is 5.10. The predicted molar refractivity (Wildman–Crippen MR) is 55.0 cm³/mol. The first-order chi connectivity index (χ1) is 6.32. The molecule has 3 nitrogen and oxygen atoms in total. The van der Waals surface area contributed by atoms with E-state index in [1.54, 1.807) is 6.92 Å². The minimum absolute atomic E-state index is 0.0175. The average molecular weight is 197 g/mol. The van der Waals surface area contributed by atoms with E-state index in [0.29, 0.717) is 13.0 Å². The molecule has 0 spiro atoms. The van der Waals surface area contributed by atoms with E-state index in [9.17, 15) is 9.59 Å². The molecule has 1 fully saturated rings. The molecule has 1 aliphatic heterocycles. The van der Waals surface area contributed by atoms with Crippen LogP contribution in [0.5, 0.6) is 0 Å². The largest absolute Gasteiger partial charge is 0.307 e. The normalized spacial score (nSPS) is 27.7. The number of Topliss-reactive ketones (excluding diaryl/α,β-unsaturated/α-hetero) is 2. The maximum absolute atomic E-state index is 11.9. The van der Waals surface area contributed by atoms with Crippen molar-refractivity contribution in [3.63, 3.8) is 0 Å². The second-order valence-corrected chi connectivity index (χ2v) is 5.12. The quantitative estimate of drug-likeness (QED) is 0.722. The summed E-state index contributed by atoms with van der Waals surface area (Å²) in [6.07, 6.45) is 0.672. The minimum atomic E-state index is -0.294. The Hall–Kier alpha value is -0.700. The molecule has 1 rings (SSSR count). The Morgan fingerprint density at radius 2 is 1.86 bits per heavy atom. The minimum Gasteiger partial charge on any atom is -0.307 e. The number of hydrogen-bond donors (Lipinski definition) is 1. The second kappa shape index (κ2) is 3.81. The van der Waals surface area contributed by atoms with Crippen LogP contribution in [0.25, 0.3) is 0 Å². The molecule has 0 bridgehead atoms. The molecule has 0 aliphatic carbocycles. The van der Waals surface area contributed by atoms with Gasteiger partial charge in [0.1, 0.15) is 11.6 Å². The van der Waals surface area contributed by atoms with E-state index in [4.69, 9.17) is 0 Å². The molecule has 1 saturated heterocycles. The summed E-state index contributed by atoms with van der Waals surface area (Å²) in [5.74, 6) is 0.409. The summed E-state index contributed by atoms with van der Waals surface area (Å²) in [5.41, 5.74) is -0.294. The van der Waals surface area contributed by atoms with Crippen LogP contribution in [0.15, 0.2) is 0 Å². The van der Waals surface area contributed by atoms with Gasteiger partial charge in [-0.2, -0.15) is 0 Å². The Kier molecular flexibility index (Phi) is 3.10. The predicted octanol–water partition coefficient (Wildman–Crippen LogP) is 1.17. The van der Waals surface area contributed by atoms with E-state index < -0.39 is 0 Å². The van der Waals surface area contributed by atoms with Gasteiger partial charge in [-0.05, 0) is 13.3 Å². The lowest BCUT2D eigenvalue weighted by Crippen LogP contribution is -2.29. The Bertz CT molecular complexity index is 253. The fourth-order valence-corrected chi connectivity index (χ4v) is 1.86. The molecule has 0 amide bonds. The van der Waals surface area contributed by atoms with Crippen LogP contribution in [0, 0.1) is 11.3 Å². The topological polar surface area (TPSA) is 46.2 Å². The van der Waals surface area contributed by atoms with Crippen LogP contribution >= 0.6 is 0 Å². The molecular formula is C11H19NO2. The maximum atomic E-state index is 11.9. The molecule has 0 saturated carbocycles. The standard InChI is InChI=1S/C11H19NO2/c1-7(13)9-5-8(6-12-9)10(14)11(2,3)4/h8-9,12H,5-6H2,1-4H3/t8?,9-/m0/s1. The molecule has 1 heterocycles. The van der Waals surface area contributed by atoms with E-state index in [1.807, 2.05) is 20.8 Å². The van der Waals surface area contributed by atoms with Crippen molar-refractivity contribution in [3.05, 3.63) is 0 Å². The summed E-state index contributed by atoms with van der Waals surface area (Å²) in [7, 11) is 0. The monoisotopic (exact) mass is 197 g/mol. The molecule has 3 heteroatoms. The maximum Gasteiger partial charge on any atom is 0.146 e. The van der Waals surface area contributed by atoms with E-state index in [0.717, 1.165) is 0 Å². The van der Waals surface area contributed by atoms with Crippen LogP contribution < -0.4 is 5.32 Å². The van der Waals surface area contributed by atoms with Gasteiger partial charge in [-0.3, -0.25) is 9.59 Å². The second-order valence-electron chi connectivity index (χ2n) is 5.12. The van der Waals surface area contributed by atoms with Gasteiger partial charge in [0.05, 0.1) is 6.04 Å². The molecule has 14 heavy (non-hydrogen) atoms. The number of nitrogens with one attached hydrogen (secondary N) is 1. The third kappa shape index (κ3) is 2.41. The highest BCUT2D eigenvalue weighted by Gasteiger charge is 2.36. The number of carbonyl (C=O) groups is 2. The van der Waals surface area contributed by atoms with Crippen LogP contribution in [0.4, 0.5) is 0 Å². The lowest BCUT2D eigenvalue weighted by molar-refractivity contribution is -0.129. The fourth-order valence-electron chi connectivity index (χ4n) is 1.86. The first-order valence-electron chi connectivity index (χ1n) is 5.10. The molecule has 1 aliphatic rings. The number of carbonyl (C=O) groups excluding carboxylic acids is 2. The smallest absolute Gasteiger partial charge is 0.146 e. The number of hydrogen-bond acceptors (Lipinski definition) is 3. The van der Waals surface area contributed by atoms with E-state index in [1.165, 1.54) is 0 Å². The Morgan fingerprint density at radius 1 is 1.29 bits per heavy atom. The highest BCUT2D eigenvalue weighted by atomic mass is 16.1. The Labute approximate surface area is 85.3 Å². The average Bonchev–Trinajstić information content (AvgIpc) is 2.48. The van der Waals surface area contributed by atoms with E-state index in [-0.39, 0.29) is 28.9 Å². The summed E-state index contributed by atoms with van der Waals surface area (Å²) in [6.45, 7) is 8.01. The van der Waals surface area contributed by atoms with Gasteiger partial charge in [-0.15, -0.1) is 0 Å². The van der Waals surface area contributed by atoms with Gasteiger partial charge >= 0.3 is 0 Å². The van der Waals surface area contributed by atoms with Gasteiger partial charge in [0.25, 0.3) is 0 Å². The molecule has 0 aromatic rings. The molecule has 2 atom stereocenters. The summed E-state index contributed by atoms with van der Waals surface area (Å²) in [6, 6.07) is -0.105. The van der Waals surface area contributed by atoms with E-state index in [2.05, 4.69) is 5.32 Å². The SMILES string of the molecule is CC(=O)[C@@H]1CC(C(=O)C(C)(C)C)CN1. The van der Waals surface area contributed by atoms with Crippen molar-refractivity contribution >= 4 is 11.6 Å². The lowest BCUT2D eigenvalue weighted by Gasteiger charge is -2.20. The van der Waals surface area contributed by atoms with Crippen molar-refractivity contribution in [2.75, 3.05) is 6.54 Å². The molecule has 1 unspecified atom stereocenters. The Morgan fingerprint density at radius 3 is 2.21 bits per heavy atom. The Balaban J connectivity index is 2.59. The zero-order valence-electron chi connectivity index (χ0n) is 9.39. The molecule has 80 valence electrons. The van der Waals surface area contributed by atoms with E-state index >= 15 is 0 Å². The molecule has 0 aromatic carbocycles. The number of rotatable bonds is 2. The third-order valence-electron chi connectivity index (χ3n) is 2.73. The summed E-state index contributed by atoms with van der Waals surface area (Å²) in [5, 5.41) is 3.09. The van der Waals surface area contributed by atoms with Crippen LogP contribution in [0.2, 0.25) is 0 Å². The zero-order valence-corrected chi connectivity index (χ0v) is 9.39. The van der Waals surface area contributed by atoms with Crippen molar-refractivity contribution < 1.29 is 9.59 Å². The molecule has 0 radical (unpaired) electrons. The highest BCUT2D eigenvalue weighted by Crippen LogP contribution is 2.25. The lowest BCUT2D eigenvalue weighted by atomic mass is 9.82. The van der Waals surface area contributed by atoms with Crippen LogP contribution in [-0.2, 0) is 9.59 Å². The van der Waals surface area contributed by atoms with Crippen molar-refractivity contribution in [1.82, 2.24) is 5.32 Å². The zero-order chi connectivity index (χ0) is 10.9. The summed E-state index contributed by atoms with van der Waals surface area (Å²) >= 11 is 0. The van der Waals surface area contributed by atoms with Crippen molar-refractivity contribution in [2.24, 2.45) is 11.3 Å². The molecule has 1 N–H and O–H groups in total. The van der Waals surface area contributed by atoms with Gasteiger partial charge in [-0.25, -0.2) is 0 Å². The van der Waals surface area contributed by atoms with Crippen molar-refractivity contribution in [3.8, 4) is 0 Å². The van der Waals surface area contributed by atoms with Crippen LogP contribution in [0.1, 0.15) is 34.1 Å². The molecule has 0 aromatic heterocycles. The third-order valence-corrected chi connectivity index (χ3v) is 2.73. The number of ketones is 2. The van der Waals surface area contributed by atoms with Crippen molar-refractivity contribution in [1.29, 1.82) is 0 Å². The van der Waals surface area contributed by atoms with Gasteiger partial charge in [0, 0.05) is 17.9 Å². The summed E-state index contributed by atoms with van der Waals surface area (Å²) < 4.78 is 0. The van der Waals surface area contributed by atoms with Crippen LogP contribution in [0.3, 0.4) is 0 Å². The fraction of sp³-hybridized carbons (Fsp3) is 0.818. The highest BCUT2D eigenvalue weighted by molar-refractivity contribution is 5.89. The van der Waals surface area contributed by atoms with Gasteiger partial charge < -0.3 is 5.32 Å². The van der Waals surface area contributed by atoms with Gasteiger partial charge in [-0.1, -0.05) is 20.8 Å². The van der Waals surface area contributed by atoms with Crippen LogP contribution in [-0.4, -0.2) is 24.2 Å². The molecular weight excluding hydrogens is 178 g/mol. The summed E-state index contributed by atoms with van der Waals surface area (Å²) in [4.78, 5) is 23.0. The van der Waals surface area contributed by atoms with Crippen molar-refractivity contribution in [2.45, 2.75) is 40.2 Å². The van der Waals surface area contributed by atoms with Gasteiger partial charge in [0.2, 0.25) is 0 Å². The van der Waals surface area contributed by atoms with Gasteiger partial charge in [0.15, 0.2) is 0 Å².